The molecule has 1 aliphatic carbocycles. The Morgan fingerprint density at radius 1 is 1.04 bits per heavy atom. The molecule has 0 N–H and O–H groups in total. The first-order valence-corrected chi connectivity index (χ1v) is 8.16. The van der Waals surface area contributed by atoms with Crippen LogP contribution in [0.3, 0.4) is 0 Å². The van der Waals surface area contributed by atoms with Crippen molar-refractivity contribution in [1.29, 1.82) is 0 Å². The van der Waals surface area contributed by atoms with Crippen LogP contribution in [0.2, 0.25) is 0 Å². The van der Waals surface area contributed by atoms with E-state index >= 15 is 0 Å². The maximum absolute atomic E-state index is 12.4. The van der Waals surface area contributed by atoms with Gasteiger partial charge in [-0.1, -0.05) is 60.7 Å². The minimum atomic E-state index is -0.376. The first-order chi connectivity index (χ1) is 11.2. The fraction of sp³-hybridized carbons (Fsp3) is 0.350. The van der Waals surface area contributed by atoms with Crippen molar-refractivity contribution in [2.24, 2.45) is 0 Å². The first kappa shape index (κ1) is 15.8. The second kappa shape index (κ2) is 6.97. The van der Waals surface area contributed by atoms with E-state index in [0.29, 0.717) is 6.61 Å². The smallest absolute Gasteiger partial charge is 0.316 e. The molecule has 0 heterocycles. The van der Waals surface area contributed by atoms with E-state index in [2.05, 4.69) is 17.0 Å². The molecule has 0 radical (unpaired) electrons. The fourth-order valence-electron chi connectivity index (χ4n) is 2.90. The van der Waals surface area contributed by atoms with Crippen molar-refractivity contribution in [2.75, 3.05) is 20.2 Å². The molecule has 0 aromatic heterocycles. The molecular weight excluding hydrogens is 286 g/mol. The Labute approximate surface area is 137 Å². The Balaban J connectivity index is 1.46. The van der Waals surface area contributed by atoms with Gasteiger partial charge in [0.15, 0.2) is 0 Å². The normalized spacial score (nSPS) is 15.4. The van der Waals surface area contributed by atoms with Crippen LogP contribution in [0.25, 0.3) is 0 Å². The van der Waals surface area contributed by atoms with E-state index in [1.165, 1.54) is 5.56 Å². The van der Waals surface area contributed by atoms with E-state index in [0.717, 1.165) is 31.5 Å². The molecule has 0 aliphatic heterocycles. The van der Waals surface area contributed by atoms with Crippen molar-refractivity contribution in [2.45, 2.75) is 24.8 Å². The third-order valence-electron chi connectivity index (χ3n) is 4.47. The Morgan fingerprint density at radius 3 is 2.26 bits per heavy atom. The van der Waals surface area contributed by atoms with Gasteiger partial charge in [-0.2, -0.15) is 0 Å². The number of hydrogen-bond donors (Lipinski definition) is 0. The van der Waals surface area contributed by atoms with E-state index in [1.807, 2.05) is 55.6 Å². The Bertz CT molecular complexity index is 635. The second-order valence-corrected chi connectivity index (χ2v) is 6.31. The van der Waals surface area contributed by atoms with E-state index < -0.39 is 0 Å². The molecule has 0 spiro atoms. The van der Waals surface area contributed by atoms with Crippen LogP contribution in [0.1, 0.15) is 24.0 Å². The summed E-state index contributed by atoms with van der Waals surface area (Å²) in [5.41, 5.74) is 1.98. The van der Waals surface area contributed by atoms with Gasteiger partial charge >= 0.3 is 5.97 Å². The fourth-order valence-corrected chi connectivity index (χ4v) is 2.90. The van der Waals surface area contributed by atoms with Crippen LogP contribution in [-0.2, 0) is 21.5 Å². The highest BCUT2D eigenvalue weighted by Gasteiger charge is 2.52. The maximum atomic E-state index is 12.4. The average molecular weight is 309 g/mol. The molecule has 2 aromatic carbocycles. The molecule has 3 nitrogen and oxygen atoms in total. The van der Waals surface area contributed by atoms with E-state index in [1.54, 1.807) is 0 Å². The summed E-state index contributed by atoms with van der Waals surface area (Å²) < 4.78 is 5.55. The van der Waals surface area contributed by atoms with Gasteiger partial charge in [-0.05, 0) is 31.0 Å². The largest absolute Gasteiger partial charge is 0.464 e. The number of rotatable bonds is 7. The zero-order valence-corrected chi connectivity index (χ0v) is 13.6. The topological polar surface area (TPSA) is 29.5 Å². The summed E-state index contributed by atoms with van der Waals surface area (Å²) in [4.78, 5) is 14.6. The summed E-state index contributed by atoms with van der Waals surface area (Å²) in [6.45, 7) is 2.05. The quantitative estimate of drug-likeness (QED) is 0.734. The molecule has 0 bridgehead atoms. The number of carbonyl (C=O) groups excluding carboxylic acids is 1. The van der Waals surface area contributed by atoms with Crippen LogP contribution in [-0.4, -0.2) is 31.1 Å². The molecule has 3 heteroatoms. The molecule has 1 saturated carbocycles. The minimum absolute atomic E-state index is 0.0724. The number of nitrogens with zero attached hydrogens (tertiary/aromatic N) is 1. The SMILES string of the molecule is CN(CCOC(=O)C1(c2ccccc2)CC1)Cc1ccccc1. The zero-order chi connectivity index (χ0) is 16.1. The molecule has 2 aromatic rings. The number of esters is 1. The number of hydrogen-bond acceptors (Lipinski definition) is 3. The summed E-state index contributed by atoms with van der Waals surface area (Å²) in [5.74, 6) is -0.0724. The summed E-state index contributed by atoms with van der Waals surface area (Å²) >= 11 is 0. The molecule has 23 heavy (non-hydrogen) atoms. The molecule has 120 valence electrons. The lowest BCUT2D eigenvalue weighted by Gasteiger charge is -2.19. The van der Waals surface area contributed by atoms with Gasteiger partial charge in [-0.15, -0.1) is 0 Å². The highest BCUT2D eigenvalue weighted by Crippen LogP contribution is 2.49. The van der Waals surface area contributed by atoms with Crippen molar-refractivity contribution < 1.29 is 9.53 Å². The molecule has 3 rings (SSSR count). The lowest BCUT2D eigenvalue weighted by Crippen LogP contribution is -2.28. The molecule has 0 amide bonds. The van der Waals surface area contributed by atoms with Gasteiger partial charge < -0.3 is 4.74 Å². The summed E-state index contributed by atoms with van der Waals surface area (Å²) in [6, 6.07) is 20.3. The third-order valence-corrected chi connectivity index (χ3v) is 4.47. The van der Waals surface area contributed by atoms with Crippen LogP contribution >= 0.6 is 0 Å². The van der Waals surface area contributed by atoms with Crippen molar-refractivity contribution in [3.8, 4) is 0 Å². The van der Waals surface area contributed by atoms with Gasteiger partial charge in [0.25, 0.3) is 0 Å². The van der Waals surface area contributed by atoms with Crippen LogP contribution in [0.15, 0.2) is 60.7 Å². The van der Waals surface area contributed by atoms with Gasteiger partial charge in [0.1, 0.15) is 6.61 Å². The molecule has 0 atom stereocenters. The predicted molar refractivity (Wildman–Crippen MR) is 91.1 cm³/mol. The van der Waals surface area contributed by atoms with Gasteiger partial charge in [0, 0.05) is 13.1 Å². The Kier molecular flexibility index (Phi) is 4.77. The first-order valence-electron chi connectivity index (χ1n) is 8.16. The van der Waals surface area contributed by atoms with Crippen molar-refractivity contribution in [3.05, 3.63) is 71.8 Å². The van der Waals surface area contributed by atoms with Crippen LogP contribution in [0.5, 0.6) is 0 Å². The summed E-state index contributed by atoms with van der Waals surface area (Å²) in [5, 5.41) is 0. The van der Waals surface area contributed by atoms with Gasteiger partial charge in [0.05, 0.1) is 5.41 Å². The molecule has 1 fully saturated rings. The Hall–Kier alpha value is -2.13. The zero-order valence-electron chi connectivity index (χ0n) is 13.6. The molecule has 1 aliphatic rings. The lowest BCUT2D eigenvalue weighted by atomic mass is 9.96. The number of carbonyl (C=O) groups is 1. The summed E-state index contributed by atoms with van der Waals surface area (Å²) in [7, 11) is 2.05. The molecule has 0 unspecified atom stereocenters. The van der Waals surface area contributed by atoms with Gasteiger partial charge in [0.2, 0.25) is 0 Å². The van der Waals surface area contributed by atoms with Crippen LogP contribution < -0.4 is 0 Å². The molecule has 0 saturated heterocycles. The van der Waals surface area contributed by atoms with Gasteiger partial charge in [-0.3, -0.25) is 9.69 Å². The van der Waals surface area contributed by atoms with Crippen LogP contribution in [0.4, 0.5) is 0 Å². The number of benzene rings is 2. The lowest BCUT2D eigenvalue weighted by molar-refractivity contribution is -0.147. The van der Waals surface area contributed by atoms with Gasteiger partial charge in [-0.25, -0.2) is 0 Å². The van der Waals surface area contributed by atoms with E-state index in [9.17, 15) is 4.79 Å². The number of likely N-dealkylation sites (N-methyl/N-ethyl adjacent to an activating group) is 1. The second-order valence-electron chi connectivity index (χ2n) is 6.31. The van der Waals surface area contributed by atoms with E-state index in [4.69, 9.17) is 4.74 Å². The summed E-state index contributed by atoms with van der Waals surface area (Å²) in [6.07, 6.45) is 1.80. The highest BCUT2D eigenvalue weighted by atomic mass is 16.5. The van der Waals surface area contributed by atoms with Crippen molar-refractivity contribution in [3.63, 3.8) is 0 Å². The standard InChI is InChI=1S/C20H23NO2/c1-21(16-17-8-4-2-5-9-17)14-15-23-19(22)20(12-13-20)18-10-6-3-7-11-18/h2-11H,12-16H2,1H3. The third kappa shape index (κ3) is 3.80. The number of ether oxygens (including phenoxy) is 1. The minimum Gasteiger partial charge on any atom is -0.464 e. The van der Waals surface area contributed by atoms with Crippen molar-refractivity contribution >= 4 is 5.97 Å². The highest BCUT2D eigenvalue weighted by molar-refractivity contribution is 5.86. The maximum Gasteiger partial charge on any atom is 0.316 e. The van der Waals surface area contributed by atoms with Crippen molar-refractivity contribution in [1.82, 2.24) is 4.90 Å². The predicted octanol–water partition coefficient (Wildman–Crippen LogP) is 3.39. The monoisotopic (exact) mass is 309 g/mol. The molecular formula is C20H23NO2. The van der Waals surface area contributed by atoms with E-state index in [-0.39, 0.29) is 11.4 Å². The van der Waals surface area contributed by atoms with Crippen LogP contribution in [0, 0.1) is 0 Å². The Morgan fingerprint density at radius 2 is 1.65 bits per heavy atom. The average Bonchev–Trinajstić information content (AvgIpc) is 3.38.